The number of nitro groups is 1. The van der Waals surface area contributed by atoms with Crippen molar-refractivity contribution in [1.82, 2.24) is 0 Å². The summed E-state index contributed by atoms with van der Waals surface area (Å²) in [6, 6.07) is 4.59. The highest BCUT2D eigenvalue weighted by Crippen LogP contribution is 2.23. The minimum atomic E-state index is -0.441. The van der Waals surface area contributed by atoms with Crippen LogP contribution >= 0.6 is 0 Å². The van der Waals surface area contributed by atoms with Crippen LogP contribution in [-0.4, -0.2) is 10.7 Å². The summed E-state index contributed by atoms with van der Waals surface area (Å²) >= 11 is 0. The highest BCUT2D eigenvalue weighted by Gasteiger charge is 2.20. The van der Waals surface area contributed by atoms with Crippen LogP contribution in [0.15, 0.2) is 18.2 Å². The first-order valence-electron chi connectivity index (χ1n) is 3.95. The quantitative estimate of drug-likeness (QED) is 0.479. The van der Waals surface area contributed by atoms with Gasteiger partial charge in [-0.3, -0.25) is 14.9 Å². The van der Waals surface area contributed by atoms with Crippen LogP contribution in [0.4, 0.5) is 5.69 Å². The summed E-state index contributed by atoms with van der Waals surface area (Å²) in [7, 11) is 0. The Kier molecular flexibility index (Phi) is 1.62. The van der Waals surface area contributed by atoms with E-state index < -0.39 is 4.92 Å². The van der Waals surface area contributed by atoms with Gasteiger partial charge in [-0.1, -0.05) is 6.07 Å². The van der Waals surface area contributed by atoms with Gasteiger partial charge in [0.2, 0.25) is 0 Å². The molecule has 13 heavy (non-hydrogen) atoms. The van der Waals surface area contributed by atoms with E-state index >= 15 is 0 Å². The third kappa shape index (κ3) is 1.30. The average molecular weight is 177 g/mol. The topological polar surface area (TPSA) is 60.2 Å². The predicted octanol–water partition coefficient (Wildman–Crippen LogP) is 1.26. The second kappa shape index (κ2) is 2.65. The monoisotopic (exact) mass is 177 g/mol. The molecule has 2 rings (SSSR count). The largest absolute Gasteiger partial charge is 0.299 e. The zero-order valence-corrected chi connectivity index (χ0v) is 6.82. The lowest BCUT2D eigenvalue weighted by atomic mass is 10.1. The Bertz CT molecular complexity index is 398. The van der Waals surface area contributed by atoms with Gasteiger partial charge >= 0.3 is 0 Å². The average Bonchev–Trinajstić information content (AvgIpc) is 2.42. The molecule has 0 N–H and O–H groups in total. The van der Waals surface area contributed by atoms with Crippen molar-refractivity contribution >= 4 is 11.5 Å². The Balaban J connectivity index is 2.45. The number of fused-ring (bicyclic) bond motifs is 1. The van der Waals surface area contributed by atoms with Gasteiger partial charge in [0.25, 0.3) is 5.69 Å². The lowest BCUT2D eigenvalue weighted by Gasteiger charge is -1.95. The van der Waals surface area contributed by atoms with Crippen molar-refractivity contribution in [1.29, 1.82) is 0 Å². The van der Waals surface area contributed by atoms with Crippen molar-refractivity contribution in [2.75, 3.05) is 0 Å². The molecule has 0 unspecified atom stereocenters. The Morgan fingerprint density at radius 3 is 2.62 bits per heavy atom. The Hall–Kier alpha value is -1.71. The second-order valence-corrected chi connectivity index (χ2v) is 3.10. The summed E-state index contributed by atoms with van der Waals surface area (Å²) in [4.78, 5) is 21.0. The highest BCUT2D eigenvalue weighted by atomic mass is 16.6. The van der Waals surface area contributed by atoms with Crippen molar-refractivity contribution in [3.63, 3.8) is 0 Å². The number of rotatable bonds is 1. The standard InChI is InChI=1S/C9H7NO3/c11-9-4-6-1-2-8(10(12)13)3-7(6)5-9/h1-3H,4-5H2. The molecule has 0 atom stereocenters. The molecule has 0 radical (unpaired) electrons. The number of benzene rings is 1. The summed E-state index contributed by atoms with van der Waals surface area (Å²) in [5, 5.41) is 10.4. The van der Waals surface area contributed by atoms with Crippen molar-refractivity contribution in [3.05, 3.63) is 39.4 Å². The molecular formula is C9H7NO3. The van der Waals surface area contributed by atoms with E-state index in [1.807, 2.05) is 0 Å². The van der Waals surface area contributed by atoms with E-state index in [2.05, 4.69) is 0 Å². The first-order chi connectivity index (χ1) is 6.16. The number of hydrogen-bond acceptors (Lipinski definition) is 3. The first kappa shape index (κ1) is 7.91. The van der Waals surface area contributed by atoms with Crippen molar-refractivity contribution < 1.29 is 9.72 Å². The molecule has 4 heteroatoms. The number of hydrogen-bond donors (Lipinski definition) is 0. The van der Waals surface area contributed by atoms with Crippen LogP contribution in [0.5, 0.6) is 0 Å². The van der Waals surface area contributed by atoms with Gasteiger partial charge in [-0.05, 0) is 11.1 Å². The molecule has 0 saturated heterocycles. The van der Waals surface area contributed by atoms with Gasteiger partial charge < -0.3 is 0 Å². The molecular weight excluding hydrogens is 170 g/mol. The third-order valence-electron chi connectivity index (χ3n) is 2.18. The number of Topliss-reactive ketones (excluding diaryl/α,β-unsaturated/α-hetero) is 1. The van der Waals surface area contributed by atoms with E-state index in [-0.39, 0.29) is 11.5 Å². The molecule has 0 amide bonds. The molecule has 0 spiro atoms. The molecule has 0 fully saturated rings. The number of nitro benzene ring substituents is 1. The van der Waals surface area contributed by atoms with Crippen LogP contribution in [0.1, 0.15) is 11.1 Å². The fourth-order valence-corrected chi connectivity index (χ4v) is 1.55. The third-order valence-corrected chi connectivity index (χ3v) is 2.18. The van der Waals surface area contributed by atoms with E-state index in [4.69, 9.17) is 0 Å². The van der Waals surface area contributed by atoms with E-state index in [1.54, 1.807) is 6.07 Å². The highest BCUT2D eigenvalue weighted by molar-refractivity contribution is 5.88. The number of ketones is 1. The minimum Gasteiger partial charge on any atom is -0.299 e. The van der Waals surface area contributed by atoms with Crippen LogP contribution in [0.25, 0.3) is 0 Å². The van der Waals surface area contributed by atoms with E-state index in [9.17, 15) is 14.9 Å². The lowest BCUT2D eigenvalue weighted by Crippen LogP contribution is -1.92. The van der Waals surface area contributed by atoms with Crippen LogP contribution in [0, 0.1) is 10.1 Å². The summed E-state index contributed by atoms with van der Waals surface area (Å²) in [6.45, 7) is 0. The smallest absolute Gasteiger partial charge is 0.269 e. The molecule has 0 bridgehead atoms. The summed E-state index contributed by atoms with van der Waals surface area (Å²) in [5.41, 5.74) is 1.79. The SMILES string of the molecule is O=C1Cc2ccc([N+](=O)[O-])cc2C1. The van der Waals surface area contributed by atoms with Gasteiger partial charge in [0.1, 0.15) is 5.78 Å². The molecule has 66 valence electrons. The predicted molar refractivity (Wildman–Crippen MR) is 45.5 cm³/mol. The molecule has 0 aromatic heterocycles. The normalized spacial score (nSPS) is 14.3. The van der Waals surface area contributed by atoms with Crippen LogP contribution < -0.4 is 0 Å². The summed E-state index contributed by atoms with van der Waals surface area (Å²) < 4.78 is 0. The molecule has 4 nitrogen and oxygen atoms in total. The Morgan fingerprint density at radius 2 is 1.92 bits per heavy atom. The van der Waals surface area contributed by atoms with E-state index in [0.717, 1.165) is 11.1 Å². The Labute approximate surface area is 74.3 Å². The number of non-ortho nitro benzene ring substituents is 1. The van der Waals surface area contributed by atoms with Crippen molar-refractivity contribution in [2.24, 2.45) is 0 Å². The zero-order chi connectivity index (χ0) is 9.42. The van der Waals surface area contributed by atoms with Gasteiger partial charge in [-0.15, -0.1) is 0 Å². The molecule has 1 aliphatic rings. The van der Waals surface area contributed by atoms with Crippen LogP contribution in [-0.2, 0) is 17.6 Å². The fraction of sp³-hybridized carbons (Fsp3) is 0.222. The lowest BCUT2D eigenvalue weighted by molar-refractivity contribution is -0.384. The maximum atomic E-state index is 11.0. The van der Waals surface area contributed by atoms with Gasteiger partial charge in [0, 0.05) is 25.0 Å². The molecule has 1 aromatic carbocycles. The number of nitrogens with zero attached hydrogens (tertiary/aromatic N) is 1. The van der Waals surface area contributed by atoms with E-state index in [0.29, 0.717) is 12.8 Å². The first-order valence-corrected chi connectivity index (χ1v) is 3.95. The van der Waals surface area contributed by atoms with Gasteiger partial charge in [0.05, 0.1) is 4.92 Å². The van der Waals surface area contributed by atoms with Gasteiger partial charge in [0.15, 0.2) is 0 Å². The van der Waals surface area contributed by atoms with E-state index in [1.165, 1.54) is 12.1 Å². The Morgan fingerprint density at radius 1 is 1.23 bits per heavy atom. The molecule has 0 heterocycles. The molecule has 1 aliphatic carbocycles. The summed E-state index contributed by atoms with van der Waals surface area (Å²) in [6.07, 6.45) is 0.768. The van der Waals surface area contributed by atoms with Crippen molar-refractivity contribution in [3.8, 4) is 0 Å². The minimum absolute atomic E-state index is 0.0634. The maximum Gasteiger partial charge on any atom is 0.269 e. The molecule has 0 saturated carbocycles. The van der Waals surface area contributed by atoms with Gasteiger partial charge in [-0.2, -0.15) is 0 Å². The summed E-state index contributed by atoms with van der Waals surface area (Å²) in [5.74, 6) is 0.135. The second-order valence-electron chi connectivity index (χ2n) is 3.10. The van der Waals surface area contributed by atoms with Crippen LogP contribution in [0.2, 0.25) is 0 Å². The number of carbonyl (C=O) groups is 1. The fourth-order valence-electron chi connectivity index (χ4n) is 1.55. The molecule has 0 aliphatic heterocycles. The molecule has 1 aromatic rings. The number of carbonyl (C=O) groups excluding carboxylic acids is 1. The van der Waals surface area contributed by atoms with Gasteiger partial charge in [-0.25, -0.2) is 0 Å². The zero-order valence-electron chi connectivity index (χ0n) is 6.82. The van der Waals surface area contributed by atoms with Crippen LogP contribution in [0.3, 0.4) is 0 Å². The maximum absolute atomic E-state index is 11.0. The van der Waals surface area contributed by atoms with Crippen molar-refractivity contribution in [2.45, 2.75) is 12.8 Å².